The van der Waals surface area contributed by atoms with E-state index >= 15 is 0 Å². The van der Waals surface area contributed by atoms with Crippen LogP contribution in [0.4, 0.5) is 0 Å². The van der Waals surface area contributed by atoms with E-state index in [0.29, 0.717) is 29.0 Å². The van der Waals surface area contributed by atoms with Crippen LogP contribution in [0, 0.1) is 12.8 Å². The third-order valence-corrected chi connectivity index (χ3v) is 6.51. The van der Waals surface area contributed by atoms with Gasteiger partial charge in [0.15, 0.2) is 5.78 Å². The summed E-state index contributed by atoms with van der Waals surface area (Å²) in [7, 11) is 2.11. The molecular weight excluding hydrogens is 430 g/mol. The molecule has 0 bridgehead atoms. The van der Waals surface area contributed by atoms with Crippen LogP contribution in [-0.2, 0) is 12.8 Å². The van der Waals surface area contributed by atoms with Gasteiger partial charge in [0.1, 0.15) is 23.2 Å². The Morgan fingerprint density at radius 2 is 1.88 bits per heavy atom. The molecule has 1 saturated heterocycles. The zero-order valence-electron chi connectivity index (χ0n) is 20.4. The molecule has 1 fully saturated rings. The van der Waals surface area contributed by atoms with Crippen molar-refractivity contribution in [1.82, 2.24) is 4.90 Å². The number of fused-ring (bicyclic) bond motifs is 1. The van der Waals surface area contributed by atoms with Gasteiger partial charge in [-0.1, -0.05) is 13.8 Å². The number of aryl methyl sites for hydroxylation is 1. The first-order valence-electron chi connectivity index (χ1n) is 12.0. The molecule has 0 radical (unpaired) electrons. The molecule has 6 nitrogen and oxygen atoms in total. The highest BCUT2D eigenvalue weighted by Crippen LogP contribution is 2.29. The van der Waals surface area contributed by atoms with Gasteiger partial charge < -0.3 is 19.2 Å². The number of phenols is 1. The van der Waals surface area contributed by atoms with Crippen LogP contribution in [0.25, 0.3) is 11.0 Å². The number of piperidine rings is 1. The summed E-state index contributed by atoms with van der Waals surface area (Å²) >= 11 is 0. The molecule has 0 unspecified atom stereocenters. The fraction of sp³-hybridized carbons (Fsp3) is 0.429. The average molecular weight is 464 g/mol. The number of ketones is 1. The van der Waals surface area contributed by atoms with Gasteiger partial charge in [-0.3, -0.25) is 4.79 Å². The molecule has 180 valence electrons. The summed E-state index contributed by atoms with van der Waals surface area (Å²) in [6.45, 7) is 8.02. The van der Waals surface area contributed by atoms with Crippen LogP contribution in [0.1, 0.15) is 53.7 Å². The van der Waals surface area contributed by atoms with Crippen LogP contribution in [0.3, 0.4) is 0 Å². The van der Waals surface area contributed by atoms with Crippen molar-refractivity contribution < 1.29 is 19.1 Å². The topological polar surface area (TPSA) is 80.0 Å². The Morgan fingerprint density at radius 1 is 1.15 bits per heavy atom. The van der Waals surface area contributed by atoms with Crippen LogP contribution in [0.2, 0.25) is 0 Å². The van der Waals surface area contributed by atoms with Gasteiger partial charge in [-0.25, -0.2) is 4.79 Å². The minimum atomic E-state index is -0.512. The van der Waals surface area contributed by atoms with Gasteiger partial charge in [-0.2, -0.15) is 0 Å². The highest BCUT2D eigenvalue weighted by Gasteiger charge is 2.20. The van der Waals surface area contributed by atoms with Crippen molar-refractivity contribution >= 4 is 16.8 Å². The van der Waals surface area contributed by atoms with Crippen molar-refractivity contribution in [3.63, 3.8) is 0 Å². The van der Waals surface area contributed by atoms with E-state index < -0.39 is 5.63 Å². The van der Waals surface area contributed by atoms with E-state index in [1.165, 1.54) is 0 Å². The molecule has 0 aliphatic carbocycles. The fourth-order valence-electron chi connectivity index (χ4n) is 4.52. The molecule has 0 saturated carbocycles. The van der Waals surface area contributed by atoms with Gasteiger partial charge in [0.2, 0.25) is 0 Å². The number of carbonyl (C=O) groups is 1. The predicted molar refractivity (Wildman–Crippen MR) is 133 cm³/mol. The van der Waals surface area contributed by atoms with Crippen molar-refractivity contribution in [3.8, 4) is 11.5 Å². The maximum atomic E-state index is 12.9. The lowest BCUT2D eigenvalue weighted by atomic mass is 9.96. The first kappa shape index (κ1) is 24.0. The lowest BCUT2D eigenvalue weighted by Crippen LogP contribution is -2.35. The summed E-state index contributed by atoms with van der Waals surface area (Å²) in [4.78, 5) is 28.0. The smallest absolute Gasteiger partial charge is 0.339 e. The molecular formula is C28H33NO5. The van der Waals surface area contributed by atoms with Crippen molar-refractivity contribution in [2.24, 2.45) is 5.92 Å². The first-order valence-corrected chi connectivity index (χ1v) is 12.0. The van der Waals surface area contributed by atoms with E-state index in [1.807, 2.05) is 19.1 Å². The van der Waals surface area contributed by atoms with E-state index in [-0.39, 0.29) is 24.1 Å². The number of likely N-dealkylation sites (tertiary alicyclic amines) is 1. The maximum absolute atomic E-state index is 12.9. The van der Waals surface area contributed by atoms with Crippen molar-refractivity contribution in [1.29, 1.82) is 0 Å². The number of Topliss-reactive ketones (excluding diaryl/α,β-unsaturated/α-hetero) is 1. The summed E-state index contributed by atoms with van der Waals surface area (Å²) in [5.74, 6) is 1.08. The van der Waals surface area contributed by atoms with Gasteiger partial charge in [0.05, 0.1) is 0 Å². The molecule has 34 heavy (non-hydrogen) atoms. The summed E-state index contributed by atoms with van der Waals surface area (Å²) in [5.41, 5.74) is 2.31. The van der Waals surface area contributed by atoms with Crippen LogP contribution in [0.15, 0.2) is 45.6 Å². The summed E-state index contributed by atoms with van der Waals surface area (Å²) in [6.07, 6.45) is 2.70. The SMILES string of the molecule is Cc1c(OC2CCN(C)CC2)ccc2cc(CC(=O)c3ccc(O)c(CC(C)C)c3)c(=O)oc12. The molecule has 2 heterocycles. The van der Waals surface area contributed by atoms with Gasteiger partial charge in [0.25, 0.3) is 0 Å². The van der Waals surface area contributed by atoms with Crippen LogP contribution >= 0.6 is 0 Å². The number of ether oxygens (including phenoxy) is 1. The normalized spacial score (nSPS) is 15.2. The number of carbonyl (C=O) groups excluding carboxylic acids is 1. The third-order valence-electron chi connectivity index (χ3n) is 6.51. The zero-order valence-corrected chi connectivity index (χ0v) is 20.4. The highest BCUT2D eigenvalue weighted by molar-refractivity contribution is 5.98. The summed E-state index contributed by atoms with van der Waals surface area (Å²) in [6, 6.07) is 10.4. The Morgan fingerprint density at radius 3 is 2.59 bits per heavy atom. The van der Waals surface area contributed by atoms with Gasteiger partial charge in [-0.05, 0) is 81.1 Å². The maximum Gasteiger partial charge on any atom is 0.339 e. The third kappa shape index (κ3) is 5.33. The van der Waals surface area contributed by atoms with Crippen LogP contribution < -0.4 is 10.4 Å². The number of phenolic OH excluding ortho intramolecular Hbond substituents is 1. The Bertz CT molecular complexity index is 1250. The van der Waals surface area contributed by atoms with Crippen LogP contribution in [0.5, 0.6) is 11.5 Å². The number of aromatic hydroxyl groups is 1. The molecule has 0 amide bonds. The Labute approximate surface area is 200 Å². The summed E-state index contributed by atoms with van der Waals surface area (Å²) < 4.78 is 11.9. The fourth-order valence-corrected chi connectivity index (χ4v) is 4.52. The second kappa shape index (κ2) is 10.0. The van der Waals surface area contributed by atoms with E-state index in [2.05, 4.69) is 25.8 Å². The minimum Gasteiger partial charge on any atom is -0.508 e. The monoisotopic (exact) mass is 463 g/mol. The van der Waals surface area contributed by atoms with Crippen LogP contribution in [-0.4, -0.2) is 42.0 Å². The first-order chi connectivity index (χ1) is 16.2. The number of benzene rings is 2. The molecule has 4 rings (SSSR count). The number of rotatable bonds is 7. The van der Waals surface area contributed by atoms with E-state index in [0.717, 1.165) is 48.2 Å². The molecule has 1 N–H and O–H groups in total. The average Bonchev–Trinajstić information content (AvgIpc) is 2.79. The zero-order chi connectivity index (χ0) is 24.4. The standard InChI is InChI=1S/C28H33NO5/c1-17(2)13-21-14-19(5-7-24(21)30)25(31)16-22-15-20-6-8-26(18(3)27(20)34-28(22)32)33-23-9-11-29(4)12-10-23/h5-8,14-15,17,23,30H,9-13,16H2,1-4H3. The molecule has 2 aromatic carbocycles. The second-order valence-electron chi connectivity index (χ2n) is 9.83. The Hall–Kier alpha value is -3.12. The molecule has 0 spiro atoms. The van der Waals surface area contributed by atoms with Crippen molar-refractivity contribution in [3.05, 3.63) is 69.1 Å². The number of hydrogen-bond acceptors (Lipinski definition) is 6. The lowest BCUT2D eigenvalue weighted by molar-refractivity contribution is 0.0991. The highest BCUT2D eigenvalue weighted by atomic mass is 16.5. The van der Waals surface area contributed by atoms with Gasteiger partial charge >= 0.3 is 5.63 Å². The largest absolute Gasteiger partial charge is 0.508 e. The predicted octanol–water partition coefficient (Wildman–Crippen LogP) is 4.90. The second-order valence-corrected chi connectivity index (χ2v) is 9.83. The van der Waals surface area contributed by atoms with E-state index in [1.54, 1.807) is 24.3 Å². The Balaban J connectivity index is 1.55. The Kier molecular flexibility index (Phi) is 7.08. The lowest BCUT2D eigenvalue weighted by Gasteiger charge is -2.29. The number of nitrogens with zero attached hydrogens (tertiary/aromatic N) is 1. The minimum absolute atomic E-state index is 0.0585. The molecule has 1 aliphatic rings. The molecule has 1 aromatic heterocycles. The molecule has 3 aromatic rings. The van der Waals surface area contributed by atoms with Gasteiger partial charge in [-0.15, -0.1) is 0 Å². The van der Waals surface area contributed by atoms with E-state index in [4.69, 9.17) is 9.15 Å². The van der Waals surface area contributed by atoms with Crippen molar-refractivity contribution in [2.75, 3.05) is 20.1 Å². The quantitative estimate of drug-likeness (QED) is 0.396. The molecule has 0 atom stereocenters. The van der Waals surface area contributed by atoms with Crippen molar-refractivity contribution in [2.45, 2.75) is 52.6 Å². The van der Waals surface area contributed by atoms with E-state index in [9.17, 15) is 14.7 Å². The summed E-state index contributed by atoms with van der Waals surface area (Å²) in [5, 5.41) is 10.9. The molecule has 6 heteroatoms. The van der Waals surface area contributed by atoms with Gasteiger partial charge in [0, 0.05) is 41.6 Å². The number of hydrogen-bond donors (Lipinski definition) is 1. The molecule has 1 aliphatic heterocycles.